The lowest BCUT2D eigenvalue weighted by atomic mass is 10.0. The average molecular weight is 522 g/mol. The average Bonchev–Trinajstić information content (AvgIpc) is 3.23. The van der Waals surface area contributed by atoms with Gasteiger partial charge in [0.1, 0.15) is 31.1 Å². The van der Waals surface area contributed by atoms with Crippen LogP contribution in [0.1, 0.15) is 32.6 Å². The van der Waals surface area contributed by atoms with Gasteiger partial charge in [-0.25, -0.2) is 14.4 Å². The van der Waals surface area contributed by atoms with Crippen LogP contribution < -0.4 is 16.6 Å². The molecule has 13 nitrogen and oxygen atoms in total. The van der Waals surface area contributed by atoms with E-state index in [1.165, 1.54) is 13.1 Å². The number of methoxy groups -OCH3 is 1. The lowest BCUT2D eigenvalue weighted by molar-refractivity contribution is -0.192. The van der Waals surface area contributed by atoms with Gasteiger partial charge in [0, 0.05) is 12.3 Å². The summed E-state index contributed by atoms with van der Waals surface area (Å²) in [7, 11) is 1.09. The number of carbonyl (C=O) groups is 2. The third-order valence-corrected chi connectivity index (χ3v) is 5.61. The third-order valence-electron chi connectivity index (χ3n) is 5.61. The number of esters is 1. The summed E-state index contributed by atoms with van der Waals surface area (Å²) in [6.45, 7) is 4.71. The Morgan fingerprint density at radius 3 is 2.54 bits per heavy atom. The number of nitrogens with one attached hydrogen (secondary N) is 2. The zero-order valence-electron chi connectivity index (χ0n) is 20.9. The molecule has 1 fully saturated rings. The summed E-state index contributed by atoms with van der Waals surface area (Å²) in [6, 6.07) is 8.38. The predicted molar refractivity (Wildman–Crippen MR) is 127 cm³/mol. The molecule has 13 heteroatoms. The first kappa shape index (κ1) is 28.1. The van der Waals surface area contributed by atoms with Crippen molar-refractivity contribution < 1.29 is 38.4 Å². The van der Waals surface area contributed by atoms with Gasteiger partial charge in [-0.2, -0.15) is 0 Å². The number of amides is 1. The molecule has 37 heavy (non-hydrogen) atoms. The van der Waals surface area contributed by atoms with E-state index >= 15 is 0 Å². The number of hydrogen-bond donors (Lipinski definition) is 3. The number of aromatic nitrogens is 2. The van der Waals surface area contributed by atoms with E-state index in [9.17, 15) is 24.3 Å². The van der Waals surface area contributed by atoms with Crippen molar-refractivity contribution in [2.75, 3.05) is 13.7 Å². The van der Waals surface area contributed by atoms with Gasteiger partial charge >= 0.3 is 17.8 Å². The van der Waals surface area contributed by atoms with Crippen molar-refractivity contribution in [2.24, 2.45) is 0 Å². The first-order valence-electron chi connectivity index (χ1n) is 11.5. The van der Waals surface area contributed by atoms with Gasteiger partial charge in [0.2, 0.25) is 0 Å². The quantitative estimate of drug-likeness (QED) is 0.373. The highest BCUT2D eigenvalue weighted by Gasteiger charge is 2.46. The molecule has 5 atom stereocenters. The van der Waals surface area contributed by atoms with Crippen molar-refractivity contribution in [1.82, 2.24) is 14.9 Å². The summed E-state index contributed by atoms with van der Waals surface area (Å²) in [5.74, 6) is -1.99. The van der Waals surface area contributed by atoms with Crippen molar-refractivity contribution in [3.63, 3.8) is 0 Å². The molecule has 1 amide bonds. The Morgan fingerprint density at radius 2 is 1.95 bits per heavy atom. The molecule has 0 aliphatic carbocycles. The molecule has 0 bridgehead atoms. The second kappa shape index (κ2) is 12.1. The minimum Gasteiger partial charge on any atom is -0.467 e. The number of benzene rings is 1. The molecule has 2 unspecified atom stereocenters. The third kappa shape index (κ3) is 7.49. The normalized spacial score (nSPS) is 19.9. The zero-order chi connectivity index (χ0) is 27.2. The fourth-order valence-corrected chi connectivity index (χ4v) is 3.76. The van der Waals surface area contributed by atoms with E-state index in [2.05, 4.69) is 10.3 Å². The summed E-state index contributed by atoms with van der Waals surface area (Å²) >= 11 is 0. The van der Waals surface area contributed by atoms with Crippen LogP contribution in [0.15, 0.2) is 52.2 Å². The van der Waals surface area contributed by atoms with Crippen molar-refractivity contribution in [1.29, 1.82) is 0 Å². The number of aliphatic hydroxyl groups excluding tert-OH is 1. The Kier molecular flexibility index (Phi) is 9.21. The highest BCUT2D eigenvalue weighted by Crippen LogP contribution is 2.29. The van der Waals surface area contributed by atoms with Gasteiger partial charge in [0.05, 0.1) is 13.7 Å². The molecule has 202 valence electrons. The van der Waals surface area contributed by atoms with E-state index < -0.39 is 59.7 Å². The number of alkyl carbamates (subject to hydrolysis) is 1. The van der Waals surface area contributed by atoms with Crippen LogP contribution in [0.25, 0.3) is 0 Å². The molecule has 1 aromatic heterocycles. The molecule has 1 aliphatic rings. The topological polar surface area (TPSA) is 167 Å². The molecular weight excluding hydrogens is 490 g/mol. The number of ether oxygens (including phenoxy) is 5. The fraction of sp³-hybridized carbons (Fsp3) is 0.500. The van der Waals surface area contributed by atoms with Crippen LogP contribution in [0.2, 0.25) is 0 Å². The van der Waals surface area contributed by atoms with E-state index in [4.69, 9.17) is 23.7 Å². The number of nitrogens with zero attached hydrogens (tertiary/aromatic N) is 1. The Bertz CT molecular complexity index is 1180. The van der Waals surface area contributed by atoms with Crippen molar-refractivity contribution >= 4 is 12.1 Å². The van der Waals surface area contributed by atoms with Crippen LogP contribution in [-0.4, -0.2) is 70.6 Å². The smallest absolute Gasteiger partial charge is 0.408 e. The fourth-order valence-electron chi connectivity index (χ4n) is 3.76. The molecule has 1 saturated heterocycles. The van der Waals surface area contributed by atoms with Crippen LogP contribution in [0, 0.1) is 0 Å². The van der Waals surface area contributed by atoms with Gasteiger partial charge in [0.15, 0.2) is 11.8 Å². The lowest BCUT2D eigenvalue weighted by Gasteiger charge is -2.34. The lowest BCUT2D eigenvalue weighted by Crippen LogP contribution is -2.57. The second-order valence-corrected chi connectivity index (χ2v) is 8.78. The monoisotopic (exact) mass is 521 g/mol. The van der Waals surface area contributed by atoms with Crippen LogP contribution >= 0.6 is 0 Å². The SMILES string of the molecule is COC(=O)[C@@H](NC(=O)OCc1ccccc1)[C@H](O)[C@@H](OC(C)n1ccc(=O)[nH]c1=O)C1COC(C)(C)O1. The number of rotatable bonds is 10. The summed E-state index contributed by atoms with van der Waals surface area (Å²) in [5.41, 5.74) is -0.625. The molecule has 0 saturated carbocycles. The maximum Gasteiger partial charge on any atom is 0.408 e. The van der Waals surface area contributed by atoms with Crippen LogP contribution in [-0.2, 0) is 35.1 Å². The van der Waals surface area contributed by atoms with Gasteiger partial charge < -0.3 is 34.1 Å². The van der Waals surface area contributed by atoms with Crippen molar-refractivity contribution in [2.45, 2.75) is 63.7 Å². The molecule has 1 aliphatic heterocycles. The second-order valence-electron chi connectivity index (χ2n) is 8.78. The Morgan fingerprint density at radius 1 is 1.24 bits per heavy atom. The van der Waals surface area contributed by atoms with Gasteiger partial charge in [-0.05, 0) is 26.3 Å². The minimum atomic E-state index is -1.72. The van der Waals surface area contributed by atoms with E-state index in [0.29, 0.717) is 5.56 Å². The summed E-state index contributed by atoms with van der Waals surface area (Å²) in [4.78, 5) is 50.9. The van der Waals surface area contributed by atoms with Crippen LogP contribution in [0.3, 0.4) is 0 Å². The maximum absolute atomic E-state index is 12.6. The van der Waals surface area contributed by atoms with E-state index in [-0.39, 0.29) is 13.2 Å². The first-order valence-corrected chi connectivity index (χ1v) is 11.5. The maximum atomic E-state index is 12.6. The van der Waals surface area contributed by atoms with Gasteiger partial charge in [0.25, 0.3) is 5.56 Å². The number of hydrogen-bond acceptors (Lipinski definition) is 10. The Balaban J connectivity index is 1.82. The molecule has 1 aromatic carbocycles. The Labute approximate surface area is 212 Å². The molecule has 0 radical (unpaired) electrons. The Hall–Kier alpha value is -3.52. The first-order chi connectivity index (χ1) is 17.5. The van der Waals surface area contributed by atoms with Gasteiger partial charge in [-0.15, -0.1) is 0 Å². The largest absolute Gasteiger partial charge is 0.467 e. The number of H-pyrrole nitrogens is 1. The van der Waals surface area contributed by atoms with Crippen molar-refractivity contribution in [3.05, 3.63) is 69.0 Å². The van der Waals surface area contributed by atoms with Crippen LogP contribution in [0.5, 0.6) is 0 Å². The minimum absolute atomic E-state index is 0.0195. The summed E-state index contributed by atoms with van der Waals surface area (Å²) < 4.78 is 28.4. The summed E-state index contributed by atoms with van der Waals surface area (Å²) in [5, 5.41) is 13.6. The number of aliphatic hydroxyl groups is 1. The van der Waals surface area contributed by atoms with Gasteiger partial charge in [-0.1, -0.05) is 30.3 Å². The predicted octanol–water partition coefficient (Wildman–Crippen LogP) is 0.421. The molecule has 2 aromatic rings. The van der Waals surface area contributed by atoms with E-state index in [0.717, 1.165) is 17.7 Å². The standard InChI is InChI=1S/C24H31N3O10/c1-14(27-11-10-17(28)25-22(27)31)36-20(16-13-35-24(2,3)37-16)19(29)18(21(30)33-4)26-23(32)34-12-15-8-6-5-7-9-15/h5-11,14,16,18-20,29H,12-13H2,1-4H3,(H,26,32)(H,25,28,31)/t14?,16?,18-,19-,20-/m0/s1. The molecule has 0 spiro atoms. The van der Waals surface area contributed by atoms with E-state index in [1.54, 1.807) is 38.1 Å². The molecule has 3 rings (SSSR count). The molecular formula is C24H31N3O10. The van der Waals surface area contributed by atoms with Gasteiger partial charge in [-0.3, -0.25) is 14.3 Å². The number of aromatic amines is 1. The van der Waals surface area contributed by atoms with E-state index in [1.807, 2.05) is 6.07 Å². The van der Waals surface area contributed by atoms with Crippen LogP contribution in [0.4, 0.5) is 4.79 Å². The highest BCUT2D eigenvalue weighted by atomic mass is 16.8. The molecule has 3 N–H and O–H groups in total. The number of carbonyl (C=O) groups excluding carboxylic acids is 2. The molecule has 2 heterocycles. The van der Waals surface area contributed by atoms with Crippen molar-refractivity contribution in [3.8, 4) is 0 Å². The highest BCUT2D eigenvalue weighted by molar-refractivity contribution is 5.82. The zero-order valence-corrected chi connectivity index (χ0v) is 20.9. The summed E-state index contributed by atoms with van der Waals surface area (Å²) in [6.07, 6.45) is -4.71.